The number of nitrogens with zero attached hydrogens (tertiary/aromatic N) is 1. The zero-order chi connectivity index (χ0) is 13.0. The molecule has 17 heavy (non-hydrogen) atoms. The molecule has 1 aromatic rings. The molecule has 1 rings (SSSR count). The summed E-state index contributed by atoms with van der Waals surface area (Å²) >= 11 is 3.42. The smallest absolute Gasteiger partial charge is 0.252 e. The molecule has 1 N–H and O–H groups in total. The quantitative estimate of drug-likeness (QED) is 0.926. The van der Waals surface area contributed by atoms with Crippen molar-refractivity contribution in [3.8, 4) is 0 Å². The summed E-state index contributed by atoms with van der Waals surface area (Å²) < 4.78 is 0.840. The second-order valence-electron chi connectivity index (χ2n) is 4.62. The van der Waals surface area contributed by atoms with Crippen molar-refractivity contribution in [1.82, 2.24) is 10.2 Å². The van der Waals surface area contributed by atoms with Crippen molar-refractivity contribution >= 4 is 21.8 Å². The second kappa shape index (κ2) is 6.17. The van der Waals surface area contributed by atoms with Gasteiger partial charge in [0.15, 0.2) is 0 Å². The van der Waals surface area contributed by atoms with Gasteiger partial charge < -0.3 is 10.2 Å². The van der Waals surface area contributed by atoms with E-state index in [2.05, 4.69) is 26.1 Å². The first-order valence-corrected chi connectivity index (χ1v) is 6.41. The largest absolute Gasteiger partial charge is 0.348 e. The molecule has 1 amide bonds. The number of aryl methyl sites for hydroxylation is 1. The summed E-state index contributed by atoms with van der Waals surface area (Å²) in [5.74, 6) is -0.0359. The number of rotatable bonds is 4. The summed E-state index contributed by atoms with van der Waals surface area (Å²) in [5, 5.41) is 2.98. The van der Waals surface area contributed by atoms with Crippen LogP contribution in [0.25, 0.3) is 0 Å². The Morgan fingerprint density at radius 3 is 2.65 bits per heavy atom. The Labute approximate surface area is 111 Å². The fourth-order valence-corrected chi connectivity index (χ4v) is 2.37. The molecule has 1 unspecified atom stereocenters. The second-order valence-corrected chi connectivity index (χ2v) is 5.47. The predicted octanol–water partition coefficient (Wildman–Crippen LogP) is 2.44. The Morgan fingerprint density at radius 2 is 2.12 bits per heavy atom. The third-order valence-electron chi connectivity index (χ3n) is 2.39. The molecule has 3 nitrogen and oxygen atoms in total. The highest BCUT2D eigenvalue weighted by atomic mass is 79.9. The first-order valence-electron chi connectivity index (χ1n) is 5.62. The molecular weight excluding hydrogens is 280 g/mol. The Hall–Kier alpha value is -0.870. The lowest BCUT2D eigenvalue weighted by atomic mass is 10.1. The predicted molar refractivity (Wildman–Crippen MR) is 74.4 cm³/mol. The fourth-order valence-electron chi connectivity index (χ4n) is 1.70. The van der Waals surface area contributed by atoms with E-state index in [0.717, 1.165) is 16.6 Å². The number of nitrogens with one attached hydrogen (secondary N) is 1. The summed E-state index contributed by atoms with van der Waals surface area (Å²) in [6.07, 6.45) is 0. The Bertz CT molecular complexity index is 404. The normalized spacial score (nSPS) is 12.6. The van der Waals surface area contributed by atoms with Gasteiger partial charge in [-0.05, 0) is 61.6 Å². The molecule has 0 radical (unpaired) electrons. The fraction of sp³-hybridized carbons (Fsp3) is 0.462. The summed E-state index contributed by atoms with van der Waals surface area (Å²) in [5.41, 5.74) is 1.82. The van der Waals surface area contributed by atoms with Gasteiger partial charge in [-0.25, -0.2) is 0 Å². The van der Waals surface area contributed by atoms with Crippen LogP contribution in [0.3, 0.4) is 0 Å². The van der Waals surface area contributed by atoms with Gasteiger partial charge in [-0.2, -0.15) is 0 Å². The molecular formula is C13H19BrN2O. The van der Waals surface area contributed by atoms with Crippen LogP contribution in [0.2, 0.25) is 0 Å². The van der Waals surface area contributed by atoms with Crippen molar-refractivity contribution in [3.63, 3.8) is 0 Å². The van der Waals surface area contributed by atoms with Crippen LogP contribution in [-0.4, -0.2) is 37.5 Å². The SMILES string of the molecule is Cc1ccc(C(=O)NC(C)CN(C)C)c(Br)c1. The molecule has 1 aromatic carbocycles. The average molecular weight is 299 g/mol. The van der Waals surface area contributed by atoms with Crippen LogP contribution in [0.4, 0.5) is 0 Å². The van der Waals surface area contributed by atoms with Crippen molar-refractivity contribution < 1.29 is 4.79 Å². The van der Waals surface area contributed by atoms with Crippen LogP contribution in [-0.2, 0) is 0 Å². The molecule has 0 saturated heterocycles. The summed E-state index contributed by atoms with van der Waals surface area (Å²) in [6.45, 7) is 4.83. The number of amides is 1. The molecule has 0 aromatic heterocycles. The van der Waals surface area contributed by atoms with Crippen molar-refractivity contribution in [2.24, 2.45) is 0 Å². The molecule has 0 aliphatic rings. The zero-order valence-electron chi connectivity index (χ0n) is 10.7. The van der Waals surface area contributed by atoms with Gasteiger partial charge in [-0.15, -0.1) is 0 Å². The molecule has 0 spiro atoms. The van der Waals surface area contributed by atoms with Crippen LogP contribution in [0, 0.1) is 6.92 Å². The maximum atomic E-state index is 12.0. The summed E-state index contributed by atoms with van der Waals surface area (Å²) in [4.78, 5) is 14.1. The maximum absolute atomic E-state index is 12.0. The van der Waals surface area contributed by atoms with Gasteiger partial charge in [0.2, 0.25) is 0 Å². The average Bonchev–Trinajstić information content (AvgIpc) is 2.15. The van der Waals surface area contributed by atoms with E-state index in [0.29, 0.717) is 5.56 Å². The van der Waals surface area contributed by atoms with E-state index in [-0.39, 0.29) is 11.9 Å². The van der Waals surface area contributed by atoms with Crippen molar-refractivity contribution in [2.75, 3.05) is 20.6 Å². The Kier molecular flexibility index (Phi) is 5.15. The molecule has 94 valence electrons. The molecule has 0 saturated carbocycles. The van der Waals surface area contributed by atoms with Crippen LogP contribution in [0.15, 0.2) is 22.7 Å². The molecule has 0 heterocycles. The minimum absolute atomic E-state index is 0.0359. The van der Waals surface area contributed by atoms with Crippen molar-refractivity contribution in [3.05, 3.63) is 33.8 Å². The summed E-state index contributed by atoms with van der Waals surface area (Å²) in [7, 11) is 3.98. The minimum Gasteiger partial charge on any atom is -0.348 e. The highest BCUT2D eigenvalue weighted by Gasteiger charge is 2.13. The van der Waals surface area contributed by atoms with E-state index in [9.17, 15) is 4.79 Å². The monoisotopic (exact) mass is 298 g/mol. The number of hydrogen-bond acceptors (Lipinski definition) is 2. The Balaban J connectivity index is 2.70. The van der Waals surface area contributed by atoms with Crippen LogP contribution >= 0.6 is 15.9 Å². The highest BCUT2D eigenvalue weighted by molar-refractivity contribution is 9.10. The van der Waals surface area contributed by atoms with Gasteiger partial charge in [0, 0.05) is 17.1 Å². The highest BCUT2D eigenvalue weighted by Crippen LogP contribution is 2.18. The van der Waals surface area contributed by atoms with E-state index in [4.69, 9.17) is 0 Å². The topological polar surface area (TPSA) is 32.3 Å². The van der Waals surface area contributed by atoms with Gasteiger partial charge in [-0.1, -0.05) is 6.07 Å². The van der Waals surface area contributed by atoms with Crippen LogP contribution in [0.5, 0.6) is 0 Å². The number of hydrogen-bond donors (Lipinski definition) is 1. The van der Waals surface area contributed by atoms with E-state index in [1.807, 2.05) is 46.1 Å². The van der Waals surface area contributed by atoms with E-state index in [1.165, 1.54) is 0 Å². The Morgan fingerprint density at radius 1 is 1.47 bits per heavy atom. The van der Waals surface area contributed by atoms with Crippen LogP contribution in [0.1, 0.15) is 22.8 Å². The summed E-state index contributed by atoms with van der Waals surface area (Å²) in [6, 6.07) is 5.87. The molecule has 4 heteroatoms. The number of carbonyl (C=O) groups is 1. The van der Waals surface area contributed by atoms with Crippen molar-refractivity contribution in [2.45, 2.75) is 19.9 Å². The zero-order valence-corrected chi connectivity index (χ0v) is 12.3. The van der Waals surface area contributed by atoms with E-state index >= 15 is 0 Å². The number of likely N-dealkylation sites (N-methyl/N-ethyl adjacent to an activating group) is 1. The third kappa shape index (κ3) is 4.48. The van der Waals surface area contributed by atoms with Crippen molar-refractivity contribution in [1.29, 1.82) is 0 Å². The van der Waals surface area contributed by atoms with Gasteiger partial charge >= 0.3 is 0 Å². The molecule has 0 aliphatic heterocycles. The third-order valence-corrected chi connectivity index (χ3v) is 3.04. The van der Waals surface area contributed by atoms with E-state index < -0.39 is 0 Å². The lowest BCUT2D eigenvalue weighted by molar-refractivity contribution is 0.0933. The van der Waals surface area contributed by atoms with E-state index in [1.54, 1.807) is 0 Å². The van der Waals surface area contributed by atoms with Crippen LogP contribution < -0.4 is 5.32 Å². The maximum Gasteiger partial charge on any atom is 0.252 e. The lowest BCUT2D eigenvalue weighted by Gasteiger charge is -2.18. The number of carbonyl (C=O) groups excluding carboxylic acids is 1. The number of halogens is 1. The first kappa shape index (κ1) is 14.2. The van der Waals surface area contributed by atoms with Gasteiger partial charge in [0.05, 0.1) is 5.56 Å². The molecule has 0 fully saturated rings. The lowest BCUT2D eigenvalue weighted by Crippen LogP contribution is -2.39. The minimum atomic E-state index is -0.0359. The van der Waals surface area contributed by atoms with Gasteiger partial charge in [-0.3, -0.25) is 4.79 Å². The molecule has 0 bridgehead atoms. The molecule has 0 aliphatic carbocycles. The molecule has 1 atom stereocenters. The first-order chi connectivity index (χ1) is 7.90. The van der Waals surface area contributed by atoms with Gasteiger partial charge in [0.1, 0.15) is 0 Å². The number of benzene rings is 1. The van der Waals surface area contributed by atoms with Gasteiger partial charge in [0.25, 0.3) is 5.91 Å². The standard InChI is InChI=1S/C13H19BrN2O/c1-9-5-6-11(12(14)7-9)13(17)15-10(2)8-16(3)4/h5-7,10H,8H2,1-4H3,(H,15,17).